The predicted octanol–water partition coefficient (Wildman–Crippen LogP) is 4.10. The number of unbranched alkanes of at least 4 members (excludes halogenated alkanes) is 1. The Morgan fingerprint density at radius 1 is 1.03 bits per heavy atom. The molecule has 0 aliphatic carbocycles. The minimum absolute atomic E-state index is 0.0226. The van der Waals surface area contributed by atoms with E-state index in [1.54, 1.807) is 14.2 Å². The minimum Gasteiger partial charge on any atom is -0.497 e. The lowest BCUT2D eigenvalue weighted by Gasteiger charge is -2.41. The number of hydrogen-bond acceptors (Lipinski definition) is 4. The van der Waals surface area contributed by atoms with E-state index in [2.05, 4.69) is 12.2 Å². The minimum atomic E-state index is -0.291. The molecule has 1 fully saturated rings. The van der Waals surface area contributed by atoms with E-state index in [0.29, 0.717) is 25.9 Å². The Hall–Kier alpha value is -3.02. The number of ether oxygens (including phenoxy) is 2. The molecule has 0 saturated carbocycles. The van der Waals surface area contributed by atoms with Crippen LogP contribution < -0.4 is 14.8 Å². The molecule has 2 aromatic carbocycles. The number of hydrogen-bond donors (Lipinski definition) is 1. The van der Waals surface area contributed by atoms with E-state index >= 15 is 0 Å². The molecule has 1 saturated heterocycles. The SMILES string of the molecule is CCCCN1C(=O)CC[C@H](C(=O)NCc2ccc(OC)cc2)[C@@H]1c1ccc(OC)cc1. The van der Waals surface area contributed by atoms with E-state index in [1.165, 1.54) is 0 Å². The number of likely N-dealkylation sites (tertiary alicyclic amines) is 1. The van der Waals surface area contributed by atoms with Crippen molar-refractivity contribution in [1.82, 2.24) is 10.2 Å². The van der Waals surface area contributed by atoms with Gasteiger partial charge in [-0.25, -0.2) is 0 Å². The van der Waals surface area contributed by atoms with Crippen LogP contribution in [0, 0.1) is 5.92 Å². The molecule has 0 bridgehead atoms. The lowest BCUT2D eigenvalue weighted by Crippen LogP contribution is -2.48. The van der Waals surface area contributed by atoms with Crippen molar-refractivity contribution in [2.45, 2.75) is 45.2 Å². The van der Waals surface area contributed by atoms with Crippen molar-refractivity contribution in [3.05, 3.63) is 59.7 Å². The van der Waals surface area contributed by atoms with Crippen LogP contribution in [0.2, 0.25) is 0 Å². The molecule has 2 amide bonds. The lowest BCUT2D eigenvalue weighted by atomic mass is 9.83. The van der Waals surface area contributed by atoms with E-state index in [-0.39, 0.29) is 23.8 Å². The van der Waals surface area contributed by atoms with Gasteiger partial charge in [-0.3, -0.25) is 9.59 Å². The van der Waals surface area contributed by atoms with Crippen LogP contribution in [0.1, 0.15) is 49.8 Å². The quantitative estimate of drug-likeness (QED) is 0.658. The standard InChI is InChI=1S/C25H32N2O4/c1-4-5-16-27-23(28)15-14-22(24(27)19-8-12-21(31-3)13-9-19)25(29)26-17-18-6-10-20(30-2)11-7-18/h6-13,22,24H,4-5,14-17H2,1-3H3,(H,26,29)/t22-,24-/m0/s1. The van der Waals surface area contributed by atoms with Crippen molar-refractivity contribution >= 4 is 11.8 Å². The van der Waals surface area contributed by atoms with Gasteiger partial charge in [0.25, 0.3) is 0 Å². The van der Waals surface area contributed by atoms with E-state index in [9.17, 15) is 9.59 Å². The summed E-state index contributed by atoms with van der Waals surface area (Å²) in [6.45, 7) is 3.21. The largest absolute Gasteiger partial charge is 0.497 e. The first-order valence-electron chi connectivity index (χ1n) is 10.9. The number of carbonyl (C=O) groups excluding carboxylic acids is 2. The van der Waals surface area contributed by atoms with Gasteiger partial charge in [-0.1, -0.05) is 37.6 Å². The molecule has 1 aliphatic rings. The maximum absolute atomic E-state index is 13.2. The third-order valence-electron chi connectivity index (χ3n) is 5.88. The summed E-state index contributed by atoms with van der Waals surface area (Å²) in [5, 5.41) is 3.08. The van der Waals surface area contributed by atoms with Crippen molar-refractivity contribution in [2.75, 3.05) is 20.8 Å². The highest BCUT2D eigenvalue weighted by atomic mass is 16.5. The maximum Gasteiger partial charge on any atom is 0.225 e. The van der Waals surface area contributed by atoms with Gasteiger partial charge in [-0.05, 0) is 48.2 Å². The summed E-state index contributed by atoms with van der Waals surface area (Å²) in [4.78, 5) is 27.9. The van der Waals surface area contributed by atoms with Crippen molar-refractivity contribution in [2.24, 2.45) is 5.92 Å². The zero-order valence-electron chi connectivity index (χ0n) is 18.6. The predicted molar refractivity (Wildman–Crippen MR) is 120 cm³/mol. The summed E-state index contributed by atoms with van der Waals surface area (Å²) in [7, 11) is 3.26. The van der Waals surface area contributed by atoms with Crippen molar-refractivity contribution in [1.29, 1.82) is 0 Å². The summed E-state index contributed by atoms with van der Waals surface area (Å²) in [5.74, 6) is 1.35. The van der Waals surface area contributed by atoms with Crippen molar-refractivity contribution in [3.8, 4) is 11.5 Å². The Morgan fingerprint density at radius 3 is 2.23 bits per heavy atom. The monoisotopic (exact) mass is 424 g/mol. The van der Waals surface area contributed by atoms with Gasteiger partial charge in [0.1, 0.15) is 11.5 Å². The van der Waals surface area contributed by atoms with Gasteiger partial charge in [0.15, 0.2) is 0 Å². The van der Waals surface area contributed by atoms with Gasteiger partial charge in [-0.15, -0.1) is 0 Å². The fourth-order valence-electron chi connectivity index (χ4n) is 4.10. The molecule has 1 heterocycles. The Labute approximate surface area is 184 Å². The summed E-state index contributed by atoms with van der Waals surface area (Å²) in [5.41, 5.74) is 1.97. The van der Waals surface area contributed by atoms with Crippen LogP contribution in [0.4, 0.5) is 0 Å². The molecule has 166 valence electrons. The maximum atomic E-state index is 13.2. The first-order valence-corrected chi connectivity index (χ1v) is 10.9. The summed E-state index contributed by atoms with van der Waals surface area (Å²) in [6, 6.07) is 15.1. The lowest BCUT2D eigenvalue weighted by molar-refractivity contribution is -0.143. The summed E-state index contributed by atoms with van der Waals surface area (Å²) < 4.78 is 10.5. The van der Waals surface area contributed by atoms with E-state index < -0.39 is 0 Å². The van der Waals surface area contributed by atoms with Crippen LogP contribution in [-0.4, -0.2) is 37.5 Å². The molecule has 1 N–H and O–H groups in total. The number of rotatable bonds is 9. The summed E-state index contributed by atoms with van der Waals surface area (Å²) >= 11 is 0. The smallest absolute Gasteiger partial charge is 0.225 e. The van der Waals surface area contributed by atoms with Crippen LogP contribution >= 0.6 is 0 Å². The normalized spacial score (nSPS) is 18.5. The molecule has 2 aromatic rings. The molecule has 31 heavy (non-hydrogen) atoms. The van der Waals surface area contributed by atoms with Crippen LogP contribution in [0.25, 0.3) is 0 Å². The number of benzene rings is 2. The Balaban J connectivity index is 1.79. The number of amides is 2. The van der Waals surface area contributed by atoms with Gasteiger partial charge >= 0.3 is 0 Å². The molecule has 6 heteroatoms. The second-order valence-corrected chi connectivity index (χ2v) is 7.87. The molecule has 0 spiro atoms. The zero-order valence-corrected chi connectivity index (χ0v) is 18.6. The number of nitrogens with one attached hydrogen (secondary N) is 1. The average Bonchev–Trinajstić information content (AvgIpc) is 2.82. The molecule has 2 atom stereocenters. The first-order chi connectivity index (χ1) is 15.1. The van der Waals surface area contributed by atoms with Crippen LogP contribution in [-0.2, 0) is 16.1 Å². The Morgan fingerprint density at radius 2 is 1.65 bits per heavy atom. The third-order valence-corrected chi connectivity index (χ3v) is 5.88. The molecule has 1 aliphatic heterocycles. The number of piperidine rings is 1. The molecule has 6 nitrogen and oxygen atoms in total. The molecule has 3 rings (SSSR count). The Bertz CT molecular complexity index is 864. The second kappa shape index (κ2) is 10.8. The average molecular weight is 425 g/mol. The van der Waals surface area contributed by atoms with Gasteiger partial charge in [0.2, 0.25) is 11.8 Å². The van der Waals surface area contributed by atoms with Gasteiger partial charge in [-0.2, -0.15) is 0 Å². The molecular formula is C25H32N2O4. The van der Waals surface area contributed by atoms with Crippen LogP contribution in [0.5, 0.6) is 11.5 Å². The van der Waals surface area contributed by atoms with E-state index in [4.69, 9.17) is 9.47 Å². The van der Waals surface area contributed by atoms with Gasteiger partial charge in [0.05, 0.1) is 26.2 Å². The summed E-state index contributed by atoms with van der Waals surface area (Å²) in [6.07, 6.45) is 2.86. The third kappa shape index (κ3) is 5.57. The number of carbonyl (C=O) groups is 2. The van der Waals surface area contributed by atoms with Gasteiger partial charge < -0.3 is 19.7 Å². The van der Waals surface area contributed by atoms with Gasteiger partial charge in [0, 0.05) is 19.5 Å². The molecular weight excluding hydrogens is 392 g/mol. The second-order valence-electron chi connectivity index (χ2n) is 7.87. The highest BCUT2D eigenvalue weighted by Crippen LogP contribution is 2.37. The fourth-order valence-corrected chi connectivity index (χ4v) is 4.10. The highest BCUT2D eigenvalue weighted by Gasteiger charge is 2.40. The molecule has 0 aromatic heterocycles. The fraction of sp³-hybridized carbons (Fsp3) is 0.440. The number of nitrogens with zero attached hydrogens (tertiary/aromatic N) is 1. The highest BCUT2D eigenvalue weighted by molar-refractivity contribution is 5.85. The molecule has 0 radical (unpaired) electrons. The van der Waals surface area contributed by atoms with Crippen LogP contribution in [0.15, 0.2) is 48.5 Å². The zero-order chi connectivity index (χ0) is 22.2. The Kier molecular flexibility index (Phi) is 7.93. The van der Waals surface area contributed by atoms with E-state index in [0.717, 1.165) is 35.5 Å². The topological polar surface area (TPSA) is 67.9 Å². The molecule has 0 unspecified atom stereocenters. The van der Waals surface area contributed by atoms with Crippen LogP contribution in [0.3, 0.4) is 0 Å². The van der Waals surface area contributed by atoms with Crippen molar-refractivity contribution < 1.29 is 19.1 Å². The van der Waals surface area contributed by atoms with Crippen molar-refractivity contribution in [3.63, 3.8) is 0 Å². The first kappa shape index (κ1) is 22.7. The number of methoxy groups -OCH3 is 2. The van der Waals surface area contributed by atoms with E-state index in [1.807, 2.05) is 53.4 Å².